The minimum Gasteiger partial charge on any atom is -0.454 e. The second-order valence-corrected chi connectivity index (χ2v) is 11.2. The highest BCUT2D eigenvalue weighted by Gasteiger charge is 2.61. The summed E-state index contributed by atoms with van der Waals surface area (Å²) < 4.78 is 13.0. The van der Waals surface area contributed by atoms with Crippen molar-refractivity contribution in [2.24, 2.45) is 0 Å². The fourth-order valence-corrected chi connectivity index (χ4v) is 7.66. The van der Waals surface area contributed by atoms with Gasteiger partial charge in [-0.15, -0.1) is 0 Å². The van der Waals surface area contributed by atoms with Crippen LogP contribution >= 0.6 is 0 Å². The lowest BCUT2D eigenvalue weighted by Gasteiger charge is -2.52. The van der Waals surface area contributed by atoms with Crippen LogP contribution in [0.25, 0.3) is 0 Å². The summed E-state index contributed by atoms with van der Waals surface area (Å²) in [5.74, 6) is 3.35. The largest absolute Gasteiger partial charge is 0.454 e. The van der Waals surface area contributed by atoms with Gasteiger partial charge in [-0.3, -0.25) is 0 Å². The van der Waals surface area contributed by atoms with Crippen LogP contribution in [0.15, 0.2) is 84.9 Å². The average Bonchev–Trinajstić information content (AvgIpc) is 3.12. The highest BCUT2D eigenvalue weighted by atomic mass is 16.5. The molecule has 0 amide bonds. The van der Waals surface area contributed by atoms with E-state index in [1.165, 1.54) is 59.0 Å². The van der Waals surface area contributed by atoms with Crippen molar-refractivity contribution < 1.29 is 9.47 Å². The molecule has 4 aliphatic rings. The minimum absolute atomic E-state index is 0.0579. The molecule has 3 nitrogen and oxygen atoms in total. The molecule has 2 atom stereocenters. The summed E-state index contributed by atoms with van der Waals surface area (Å²) >= 11 is 0. The lowest BCUT2D eigenvalue weighted by atomic mass is 9.34. The molecule has 0 spiro atoms. The molecule has 176 valence electrons. The molecule has 4 aromatic carbocycles. The number of ether oxygens (including phenoxy) is 2. The van der Waals surface area contributed by atoms with E-state index in [4.69, 9.17) is 9.47 Å². The van der Waals surface area contributed by atoms with Gasteiger partial charge in [0.1, 0.15) is 11.5 Å². The monoisotopic (exact) mass is 469 g/mol. The number of rotatable bonds is 2. The first-order chi connectivity index (χ1) is 17.6. The SMILES string of the molecule is CC12CCCCC1(C)N1c3cccc4c3B(c3cccc(Oc5ccccc5)c3O4)c3cccc2c31. The molecule has 4 aromatic rings. The van der Waals surface area contributed by atoms with Crippen molar-refractivity contribution in [2.75, 3.05) is 4.90 Å². The fraction of sp³-hybridized carbons (Fsp3) is 0.250. The van der Waals surface area contributed by atoms with Gasteiger partial charge in [0.15, 0.2) is 11.5 Å². The van der Waals surface area contributed by atoms with Crippen LogP contribution in [0.5, 0.6) is 23.0 Å². The second-order valence-electron chi connectivity index (χ2n) is 11.2. The Morgan fingerprint density at radius 3 is 2.47 bits per heavy atom. The number of nitrogens with zero attached hydrogens (tertiary/aromatic N) is 1. The maximum Gasteiger partial charge on any atom is 0.256 e. The molecule has 0 bridgehead atoms. The van der Waals surface area contributed by atoms with E-state index in [1.807, 2.05) is 36.4 Å². The van der Waals surface area contributed by atoms with Gasteiger partial charge in [0.05, 0.1) is 5.54 Å². The van der Waals surface area contributed by atoms with E-state index in [0.717, 1.165) is 23.0 Å². The number of benzene rings is 4. The smallest absolute Gasteiger partial charge is 0.256 e. The standard InChI is InChI=1S/C32H28BNO2/c1-31-19-6-7-20-32(31,2)34-25-16-10-17-26-28(25)33(23-14-8-13-22(31)29(23)34)24-15-9-18-27(30(24)36-26)35-21-11-4-3-5-12-21/h3-5,8-18H,6-7,19-20H2,1-2H3. The molecule has 3 heterocycles. The molecule has 2 unspecified atom stereocenters. The van der Waals surface area contributed by atoms with Crippen LogP contribution in [0.4, 0.5) is 11.4 Å². The first kappa shape index (κ1) is 20.5. The van der Waals surface area contributed by atoms with Crippen molar-refractivity contribution in [3.8, 4) is 23.0 Å². The maximum absolute atomic E-state index is 6.69. The molecule has 1 fully saturated rings. The third kappa shape index (κ3) is 2.40. The Hall–Kier alpha value is -3.66. The summed E-state index contributed by atoms with van der Waals surface area (Å²) in [7, 11) is 0. The zero-order valence-electron chi connectivity index (χ0n) is 20.8. The molecule has 0 radical (unpaired) electrons. The van der Waals surface area contributed by atoms with Crippen LogP contribution < -0.4 is 30.8 Å². The third-order valence-electron chi connectivity index (χ3n) is 9.54. The minimum atomic E-state index is 0.0579. The first-order valence-corrected chi connectivity index (χ1v) is 13.2. The van der Waals surface area contributed by atoms with Gasteiger partial charge in [-0.1, -0.05) is 74.4 Å². The number of para-hydroxylation sites is 3. The maximum atomic E-state index is 6.69. The Kier molecular flexibility index (Phi) is 3.98. The van der Waals surface area contributed by atoms with Crippen molar-refractivity contribution in [1.82, 2.24) is 0 Å². The summed E-state index contributed by atoms with van der Waals surface area (Å²) in [4.78, 5) is 2.70. The van der Waals surface area contributed by atoms with Crippen LogP contribution in [-0.4, -0.2) is 12.3 Å². The van der Waals surface area contributed by atoms with E-state index >= 15 is 0 Å². The topological polar surface area (TPSA) is 21.7 Å². The molecule has 3 aliphatic heterocycles. The quantitative estimate of drug-likeness (QED) is 0.289. The van der Waals surface area contributed by atoms with E-state index in [-0.39, 0.29) is 17.7 Å². The summed E-state index contributed by atoms with van der Waals surface area (Å²) in [6, 6.07) is 29.9. The summed E-state index contributed by atoms with van der Waals surface area (Å²) in [6.45, 7) is 5.13. The predicted octanol–water partition coefficient (Wildman–Crippen LogP) is 6.16. The fourth-order valence-electron chi connectivity index (χ4n) is 7.66. The van der Waals surface area contributed by atoms with E-state index in [1.54, 1.807) is 0 Å². The van der Waals surface area contributed by atoms with E-state index in [2.05, 4.69) is 67.3 Å². The molecule has 0 saturated heterocycles. The predicted molar refractivity (Wildman–Crippen MR) is 147 cm³/mol. The van der Waals surface area contributed by atoms with Gasteiger partial charge in [0.2, 0.25) is 0 Å². The Labute approximate surface area is 212 Å². The highest BCUT2D eigenvalue weighted by Crippen LogP contribution is 2.61. The molecule has 36 heavy (non-hydrogen) atoms. The van der Waals surface area contributed by atoms with Crippen molar-refractivity contribution in [2.45, 2.75) is 50.5 Å². The third-order valence-corrected chi connectivity index (χ3v) is 9.54. The van der Waals surface area contributed by atoms with Gasteiger partial charge in [0, 0.05) is 16.8 Å². The molecule has 1 aliphatic carbocycles. The Bertz CT molecular complexity index is 1550. The molecule has 0 N–H and O–H groups in total. The van der Waals surface area contributed by atoms with Crippen molar-refractivity contribution in [3.05, 3.63) is 90.5 Å². The van der Waals surface area contributed by atoms with Crippen LogP contribution in [0.2, 0.25) is 0 Å². The average molecular weight is 469 g/mol. The van der Waals surface area contributed by atoms with Gasteiger partial charge in [-0.2, -0.15) is 0 Å². The van der Waals surface area contributed by atoms with Crippen molar-refractivity contribution in [1.29, 1.82) is 0 Å². The van der Waals surface area contributed by atoms with Crippen LogP contribution in [0.3, 0.4) is 0 Å². The molecular weight excluding hydrogens is 441 g/mol. The second kappa shape index (κ2) is 6.97. The number of fused-ring (bicyclic) bond motifs is 7. The van der Waals surface area contributed by atoms with Gasteiger partial charge < -0.3 is 14.4 Å². The van der Waals surface area contributed by atoms with E-state index in [9.17, 15) is 0 Å². The Balaban J connectivity index is 1.39. The number of hydrogen-bond acceptors (Lipinski definition) is 3. The van der Waals surface area contributed by atoms with Crippen molar-refractivity contribution >= 4 is 34.5 Å². The highest BCUT2D eigenvalue weighted by molar-refractivity contribution is 6.99. The summed E-state index contributed by atoms with van der Waals surface area (Å²) in [6.07, 6.45) is 5.02. The first-order valence-electron chi connectivity index (χ1n) is 13.2. The Morgan fingerprint density at radius 1 is 0.806 bits per heavy atom. The van der Waals surface area contributed by atoms with E-state index in [0.29, 0.717) is 0 Å². The van der Waals surface area contributed by atoms with Crippen molar-refractivity contribution in [3.63, 3.8) is 0 Å². The van der Waals surface area contributed by atoms with Gasteiger partial charge >= 0.3 is 0 Å². The van der Waals surface area contributed by atoms with E-state index < -0.39 is 0 Å². The van der Waals surface area contributed by atoms with Crippen LogP contribution in [0.1, 0.15) is 45.1 Å². The van der Waals surface area contributed by atoms with Gasteiger partial charge in [-0.25, -0.2) is 0 Å². The normalized spacial score (nSPS) is 24.3. The number of anilines is 2. The lowest BCUT2D eigenvalue weighted by Crippen LogP contribution is -2.63. The summed E-state index contributed by atoms with van der Waals surface area (Å²) in [5, 5.41) is 0. The zero-order valence-corrected chi connectivity index (χ0v) is 20.8. The van der Waals surface area contributed by atoms with Gasteiger partial charge in [0.25, 0.3) is 6.71 Å². The van der Waals surface area contributed by atoms with Crippen LogP contribution in [0, 0.1) is 0 Å². The molecule has 4 heteroatoms. The Morgan fingerprint density at radius 2 is 1.58 bits per heavy atom. The molecule has 8 rings (SSSR count). The van der Waals surface area contributed by atoms with Gasteiger partial charge in [-0.05, 0) is 72.0 Å². The molecule has 1 saturated carbocycles. The lowest BCUT2D eigenvalue weighted by molar-refractivity contribution is 0.195. The number of hydrogen-bond donors (Lipinski definition) is 0. The van der Waals surface area contributed by atoms with Crippen LogP contribution in [-0.2, 0) is 5.41 Å². The zero-order chi connectivity index (χ0) is 24.1. The molecule has 0 aromatic heterocycles. The summed E-state index contributed by atoms with van der Waals surface area (Å²) in [5.41, 5.74) is 8.32. The molecular formula is C32H28BNO2.